The Kier molecular flexibility index (Phi) is 3.98. The minimum Gasteiger partial charge on any atom is -0.507 e. The van der Waals surface area contributed by atoms with Gasteiger partial charge in [-0.25, -0.2) is 4.79 Å². The zero-order chi connectivity index (χ0) is 14.0. The van der Waals surface area contributed by atoms with Gasteiger partial charge in [0.2, 0.25) is 0 Å². The van der Waals surface area contributed by atoms with E-state index in [4.69, 9.17) is 23.2 Å². The second-order valence-corrected chi connectivity index (χ2v) is 4.66. The van der Waals surface area contributed by atoms with E-state index in [1.807, 2.05) is 0 Å². The Hall–Kier alpha value is -1.71. The van der Waals surface area contributed by atoms with Crippen molar-refractivity contribution in [1.82, 2.24) is 0 Å². The molecule has 0 saturated carbocycles. The number of methoxy groups -OCH3 is 1. The molecular formula is C14H10Cl2O3. The number of ether oxygens (including phenoxy) is 1. The van der Waals surface area contributed by atoms with Gasteiger partial charge in [0.05, 0.1) is 7.11 Å². The van der Waals surface area contributed by atoms with Crippen molar-refractivity contribution in [3.63, 3.8) is 0 Å². The highest BCUT2D eigenvalue weighted by Gasteiger charge is 2.19. The van der Waals surface area contributed by atoms with E-state index in [1.54, 1.807) is 30.3 Å². The summed E-state index contributed by atoms with van der Waals surface area (Å²) < 4.78 is 4.67. The second-order valence-electron chi connectivity index (χ2n) is 3.82. The molecule has 0 heterocycles. The van der Waals surface area contributed by atoms with Gasteiger partial charge in [-0.1, -0.05) is 41.4 Å². The van der Waals surface area contributed by atoms with Gasteiger partial charge in [-0.2, -0.15) is 0 Å². The van der Waals surface area contributed by atoms with Gasteiger partial charge >= 0.3 is 5.97 Å². The number of phenolic OH excluding ortho intramolecular Hbond substituents is 1. The van der Waals surface area contributed by atoms with Crippen molar-refractivity contribution in [2.24, 2.45) is 0 Å². The third kappa shape index (κ3) is 2.67. The molecule has 2 aromatic rings. The maximum absolute atomic E-state index is 11.8. The normalized spacial score (nSPS) is 10.3. The zero-order valence-electron chi connectivity index (χ0n) is 9.98. The molecule has 3 nitrogen and oxygen atoms in total. The highest BCUT2D eigenvalue weighted by molar-refractivity contribution is 6.36. The fourth-order valence-corrected chi connectivity index (χ4v) is 2.30. The predicted octanol–water partition coefficient (Wildman–Crippen LogP) is 4.15. The topological polar surface area (TPSA) is 46.5 Å². The molecule has 0 aliphatic heterocycles. The van der Waals surface area contributed by atoms with Crippen molar-refractivity contribution in [1.29, 1.82) is 0 Å². The van der Waals surface area contributed by atoms with Gasteiger partial charge in [-0.15, -0.1) is 0 Å². The largest absolute Gasteiger partial charge is 0.507 e. The first-order chi connectivity index (χ1) is 9.04. The van der Waals surface area contributed by atoms with Gasteiger partial charge in [0.25, 0.3) is 0 Å². The Balaban J connectivity index is 2.68. The van der Waals surface area contributed by atoms with Crippen LogP contribution >= 0.6 is 23.2 Å². The number of halogens is 2. The molecule has 2 aromatic carbocycles. The van der Waals surface area contributed by atoms with Gasteiger partial charge in [0.15, 0.2) is 0 Å². The number of carbonyl (C=O) groups is 1. The Morgan fingerprint density at radius 2 is 1.89 bits per heavy atom. The molecule has 19 heavy (non-hydrogen) atoms. The summed E-state index contributed by atoms with van der Waals surface area (Å²) in [6, 6.07) is 9.64. The number of benzene rings is 2. The zero-order valence-corrected chi connectivity index (χ0v) is 11.5. The van der Waals surface area contributed by atoms with E-state index in [-0.39, 0.29) is 11.3 Å². The maximum atomic E-state index is 11.8. The smallest absolute Gasteiger partial charge is 0.342 e. The van der Waals surface area contributed by atoms with Crippen LogP contribution in [0.3, 0.4) is 0 Å². The lowest BCUT2D eigenvalue weighted by Crippen LogP contribution is -2.04. The van der Waals surface area contributed by atoms with Crippen LogP contribution in [0.4, 0.5) is 0 Å². The molecule has 0 aromatic heterocycles. The van der Waals surface area contributed by atoms with E-state index >= 15 is 0 Å². The molecule has 0 bridgehead atoms. The lowest BCUT2D eigenvalue weighted by Gasteiger charge is -2.11. The quantitative estimate of drug-likeness (QED) is 0.847. The molecule has 0 fully saturated rings. The van der Waals surface area contributed by atoms with Crippen LogP contribution in [0.25, 0.3) is 11.1 Å². The molecule has 0 atom stereocenters. The van der Waals surface area contributed by atoms with Gasteiger partial charge in [-0.05, 0) is 18.2 Å². The summed E-state index contributed by atoms with van der Waals surface area (Å²) in [7, 11) is 1.25. The average molecular weight is 297 g/mol. The minimum atomic E-state index is -0.626. The number of esters is 1. The molecule has 0 spiro atoms. The molecule has 98 valence electrons. The molecule has 0 aliphatic carbocycles. The predicted molar refractivity (Wildman–Crippen MR) is 74.9 cm³/mol. The van der Waals surface area contributed by atoms with Crippen LogP contribution in [0, 0.1) is 0 Å². The minimum absolute atomic E-state index is 0.0780. The summed E-state index contributed by atoms with van der Waals surface area (Å²) in [6.07, 6.45) is 0. The Bertz CT molecular complexity index is 639. The van der Waals surface area contributed by atoms with E-state index in [0.717, 1.165) is 0 Å². The van der Waals surface area contributed by atoms with Crippen LogP contribution in [-0.4, -0.2) is 18.2 Å². The number of rotatable bonds is 2. The fraction of sp³-hybridized carbons (Fsp3) is 0.0714. The van der Waals surface area contributed by atoms with E-state index in [9.17, 15) is 9.90 Å². The van der Waals surface area contributed by atoms with Gasteiger partial charge in [0.1, 0.15) is 11.3 Å². The molecule has 0 radical (unpaired) electrons. The summed E-state index contributed by atoms with van der Waals surface area (Å²) in [5.41, 5.74) is 1.17. The molecule has 1 N–H and O–H groups in total. The van der Waals surface area contributed by atoms with Crippen molar-refractivity contribution < 1.29 is 14.6 Å². The summed E-state index contributed by atoms with van der Waals surface area (Å²) in [6.45, 7) is 0. The highest BCUT2D eigenvalue weighted by Crippen LogP contribution is 2.35. The number of aromatic hydroxyl groups is 1. The second kappa shape index (κ2) is 5.51. The van der Waals surface area contributed by atoms with Crippen molar-refractivity contribution in [3.8, 4) is 16.9 Å². The van der Waals surface area contributed by atoms with Gasteiger partial charge < -0.3 is 9.84 Å². The summed E-state index contributed by atoms with van der Waals surface area (Å²) in [4.78, 5) is 11.8. The van der Waals surface area contributed by atoms with Crippen LogP contribution in [0.5, 0.6) is 5.75 Å². The van der Waals surface area contributed by atoms with Crippen molar-refractivity contribution >= 4 is 29.2 Å². The summed E-state index contributed by atoms with van der Waals surface area (Å²) in [5.74, 6) is -0.783. The third-order valence-corrected chi connectivity index (χ3v) is 3.20. The summed E-state index contributed by atoms with van der Waals surface area (Å²) in [5, 5.41) is 10.7. The maximum Gasteiger partial charge on any atom is 0.342 e. The first kappa shape index (κ1) is 13.7. The number of hydrogen-bond donors (Lipinski definition) is 1. The van der Waals surface area contributed by atoms with Crippen LogP contribution in [0.1, 0.15) is 10.4 Å². The molecule has 0 amide bonds. The molecule has 2 rings (SSSR count). The Morgan fingerprint density at radius 3 is 2.53 bits per heavy atom. The molecule has 0 unspecified atom stereocenters. The van der Waals surface area contributed by atoms with E-state index in [0.29, 0.717) is 21.2 Å². The Morgan fingerprint density at radius 1 is 1.16 bits per heavy atom. The standard InChI is InChI=1S/C14H10Cl2O3/c1-19-14(18)13-10(3-2-4-12(13)17)9-6-5-8(15)7-11(9)16/h2-7,17H,1H3. The average Bonchev–Trinajstić information content (AvgIpc) is 2.37. The number of phenols is 1. The van der Waals surface area contributed by atoms with Crippen LogP contribution in [0.15, 0.2) is 36.4 Å². The molecule has 0 saturated heterocycles. The molecule has 0 aliphatic rings. The lowest BCUT2D eigenvalue weighted by molar-refractivity contribution is 0.0598. The van der Waals surface area contributed by atoms with Crippen LogP contribution in [0.2, 0.25) is 10.0 Å². The van der Waals surface area contributed by atoms with Crippen molar-refractivity contribution in [2.45, 2.75) is 0 Å². The van der Waals surface area contributed by atoms with Crippen molar-refractivity contribution in [2.75, 3.05) is 7.11 Å². The summed E-state index contributed by atoms with van der Waals surface area (Å²) >= 11 is 12.0. The monoisotopic (exact) mass is 296 g/mol. The number of hydrogen-bond acceptors (Lipinski definition) is 3. The fourth-order valence-electron chi connectivity index (χ4n) is 1.79. The Labute approximate surface area is 120 Å². The molecular weight excluding hydrogens is 287 g/mol. The van der Waals surface area contributed by atoms with Gasteiger partial charge in [0, 0.05) is 21.2 Å². The SMILES string of the molecule is COC(=O)c1c(O)cccc1-c1ccc(Cl)cc1Cl. The third-order valence-electron chi connectivity index (χ3n) is 2.65. The van der Waals surface area contributed by atoms with Crippen LogP contribution in [-0.2, 0) is 4.74 Å². The van der Waals surface area contributed by atoms with E-state index < -0.39 is 5.97 Å². The lowest BCUT2D eigenvalue weighted by atomic mass is 9.99. The number of carbonyl (C=O) groups excluding carboxylic acids is 1. The van der Waals surface area contributed by atoms with Crippen molar-refractivity contribution in [3.05, 3.63) is 52.0 Å². The first-order valence-electron chi connectivity index (χ1n) is 5.40. The van der Waals surface area contributed by atoms with E-state index in [1.165, 1.54) is 13.2 Å². The molecule has 5 heteroatoms. The van der Waals surface area contributed by atoms with Crippen LogP contribution < -0.4 is 0 Å². The van der Waals surface area contributed by atoms with Gasteiger partial charge in [-0.3, -0.25) is 0 Å². The van der Waals surface area contributed by atoms with E-state index in [2.05, 4.69) is 4.74 Å². The first-order valence-corrected chi connectivity index (χ1v) is 6.16. The highest BCUT2D eigenvalue weighted by atomic mass is 35.5.